The molecule has 0 unspecified atom stereocenters. The molecular weight excluding hydrogens is 388 g/mol. The first-order valence-electron chi connectivity index (χ1n) is 11.4. The van der Waals surface area contributed by atoms with E-state index in [1.165, 1.54) is 5.56 Å². The van der Waals surface area contributed by atoms with Gasteiger partial charge in [0, 0.05) is 69.1 Å². The molecule has 6 nitrogen and oxygen atoms in total. The zero-order chi connectivity index (χ0) is 22.0. The Labute approximate surface area is 185 Å². The Morgan fingerprint density at radius 2 is 1.90 bits per heavy atom. The van der Waals surface area contributed by atoms with Crippen molar-refractivity contribution in [1.29, 1.82) is 0 Å². The Hall–Kier alpha value is -2.47. The second-order valence-electron chi connectivity index (χ2n) is 9.50. The molecule has 0 radical (unpaired) electrons. The quantitative estimate of drug-likeness (QED) is 0.741. The molecule has 2 aromatic rings. The molecule has 6 heteroatoms. The smallest absolute Gasteiger partial charge is 0.219 e. The molecule has 1 saturated carbocycles. The van der Waals surface area contributed by atoms with Crippen LogP contribution in [0.4, 0.5) is 0 Å². The molecule has 1 amide bonds. The molecule has 1 aliphatic carbocycles. The highest BCUT2D eigenvalue weighted by Gasteiger charge is 2.42. The highest BCUT2D eigenvalue weighted by Crippen LogP contribution is 2.39. The number of amides is 1. The average molecular weight is 423 g/mol. The van der Waals surface area contributed by atoms with Crippen LogP contribution < -0.4 is 4.74 Å². The van der Waals surface area contributed by atoms with Gasteiger partial charge in [0.1, 0.15) is 17.2 Å². The molecule has 2 heterocycles. The van der Waals surface area contributed by atoms with Gasteiger partial charge in [-0.3, -0.25) is 9.69 Å². The van der Waals surface area contributed by atoms with Crippen LogP contribution in [0, 0.1) is 0 Å². The third-order valence-corrected chi connectivity index (χ3v) is 6.76. The summed E-state index contributed by atoms with van der Waals surface area (Å²) in [5.74, 6) is 2.35. The SMILES string of the molecule is CC(=O)N(C)C1CCC2(CC1)CN(Cc1cnc(C(C)C)nc1)Cc1ccccc1O2. The van der Waals surface area contributed by atoms with Crippen LogP contribution in [-0.2, 0) is 17.9 Å². The van der Waals surface area contributed by atoms with Crippen molar-refractivity contribution >= 4 is 5.91 Å². The van der Waals surface area contributed by atoms with Gasteiger partial charge in [0.2, 0.25) is 5.91 Å². The predicted molar refractivity (Wildman–Crippen MR) is 121 cm³/mol. The van der Waals surface area contributed by atoms with Crippen LogP contribution in [0.3, 0.4) is 0 Å². The van der Waals surface area contributed by atoms with E-state index in [0.29, 0.717) is 12.0 Å². The van der Waals surface area contributed by atoms with Gasteiger partial charge < -0.3 is 9.64 Å². The topological polar surface area (TPSA) is 58.6 Å². The van der Waals surface area contributed by atoms with Crippen molar-refractivity contribution in [2.24, 2.45) is 0 Å². The number of aromatic nitrogens is 2. The Morgan fingerprint density at radius 1 is 1.23 bits per heavy atom. The van der Waals surface area contributed by atoms with E-state index < -0.39 is 0 Å². The lowest BCUT2D eigenvalue weighted by Gasteiger charge is -2.43. The van der Waals surface area contributed by atoms with Crippen LogP contribution in [-0.4, -0.2) is 50.9 Å². The van der Waals surface area contributed by atoms with E-state index in [4.69, 9.17) is 4.74 Å². The van der Waals surface area contributed by atoms with Crippen molar-refractivity contribution in [3.05, 3.63) is 53.6 Å². The maximum absolute atomic E-state index is 11.8. The third kappa shape index (κ3) is 4.90. The van der Waals surface area contributed by atoms with Gasteiger partial charge >= 0.3 is 0 Å². The van der Waals surface area contributed by atoms with Gasteiger partial charge in [0.25, 0.3) is 0 Å². The number of benzene rings is 1. The molecule has 31 heavy (non-hydrogen) atoms. The van der Waals surface area contributed by atoms with E-state index in [-0.39, 0.29) is 11.5 Å². The largest absolute Gasteiger partial charge is 0.486 e. The number of carbonyl (C=O) groups is 1. The summed E-state index contributed by atoms with van der Waals surface area (Å²) >= 11 is 0. The van der Waals surface area contributed by atoms with Gasteiger partial charge in [-0.1, -0.05) is 32.0 Å². The van der Waals surface area contributed by atoms with E-state index in [1.807, 2.05) is 24.3 Å². The van der Waals surface area contributed by atoms with Gasteiger partial charge in [-0.05, 0) is 31.7 Å². The monoisotopic (exact) mass is 422 g/mol. The van der Waals surface area contributed by atoms with Gasteiger partial charge in [-0.2, -0.15) is 0 Å². The second-order valence-corrected chi connectivity index (χ2v) is 9.50. The average Bonchev–Trinajstić information content (AvgIpc) is 2.90. The van der Waals surface area contributed by atoms with E-state index in [2.05, 4.69) is 53.0 Å². The molecule has 2 aliphatic rings. The molecule has 1 aromatic heterocycles. The highest BCUT2D eigenvalue weighted by atomic mass is 16.5. The summed E-state index contributed by atoms with van der Waals surface area (Å²) in [6.45, 7) is 8.39. The summed E-state index contributed by atoms with van der Waals surface area (Å²) in [4.78, 5) is 25.3. The molecule has 0 bridgehead atoms. The molecule has 1 aromatic carbocycles. The first-order valence-corrected chi connectivity index (χ1v) is 11.4. The van der Waals surface area contributed by atoms with Crippen molar-refractivity contribution in [3.63, 3.8) is 0 Å². The standard InChI is InChI=1S/C25H34N4O2/c1-18(2)24-26-13-20(14-27-24)15-29-16-21-7-5-6-8-23(21)31-25(17-29)11-9-22(10-12-25)28(4)19(3)30/h5-8,13-14,18,22H,9-12,15-17H2,1-4H3. The van der Waals surface area contributed by atoms with E-state index in [9.17, 15) is 4.79 Å². The summed E-state index contributed by atoms with van der Waals surface area (Å²) in [7, 11) is 1.92. The van der Waals surface area contributed by atoms with Crippen LogP contribution in [0.2, 0.25) is 0 Å². The van der Waals surface area contributed by atoms with Gasteiger partial charge in [-0.25, -0.2) is 9.97 Å². The maximum atomic E-state index is 11.8. The van der Waals surface area contributed by atoms with Crippen LogP contribution in [0.1, 0.15) is 69.3 Å². The molecule has 1 aliphatic heterocycles. The van der Waals surface area contributed by atoms with Gasteiger partial charge in [0.15, 0.2) is 0 Å². The number of para-hydroxylation sites is 1. The molecule has 166 valence electrons. The fourth-order valence-electron chi connectivity index (χ4n) is 4.85. The lowest BCUT2D eigenvalue weighted by Crippen LogP contribution is -2.51. The zero-order valence-corrected chi connectivity index (χ0v) is 19.2. The van der Waals surface area contributed by atoms with Crippen LogP contribution in [0.15, 0.2) is 36.7 Å². The number of fused-ring (bicyclic) bond motifs is 1. The first kappa shape index (κ1) is 21.8. The van der Waals surface area contributed by atoms with Gasteiger partial charge in [-0.15, -0.1) is 0 Å². The minimum atomic E-state index is -0.223. The van der Waals surface area contributed by atoms with Crippen molar-refractivity contribution in [2.75, 3.05) is 13.6 Å². The van der Waals surface area contributed by atoms with Crippen molar-refractivity contribution in [1.82, 2.24) is 19.8 Å². The minimum absolute atomic E-state index is 0.138. The van der Waals surface area contributed by atoms with Crippen molar-refractivity contribution in [2.45, 2.75) is 77.1 Å². The maximum Gasteiger partial charge on any atom is 0.219 e. The number of hydrogen-bond acceptors (Lipinski definition) is 5. The summed E-state index contributed by atoms with van der Waals surface area (Å²) in [6, 6.07) is 8.69. The Bertz CT molecular complexity index is 904. The molecule has 1 fully saturated rings. The molecular formula is C25H34N4O2. The van der Waals surface area contributed by atoms with Gasteiger partial charge in [0.05, 0.1) is 0 Å². The Balaban J connectivity index is 1.54. The van der Waals surface area contributed by atoms with E-state index >= 15 is 0 Å². The minimum Gasteiger partial charge on any atom is -0.486 e. The molecule has 0 atom stereocenters. The van der Waals surface area contributed by atoms with E-state index in [0.717, 1.165) is 62.5 Å². The molecule has 1 spiro atoms. The number of carbonyl (C=O) groups excluding carboxylic acids is 1. The van der Waals surface area contributed by atoms with Crippen LogP contribution in [0.5, 0.6) is 5.75 Å². The zero-order valence-electron chi connectivity index (χ0n) is 19.2. The summed E-state index contributed by atoms with van der Waals surface area (Å²) in [6.07, 6.45) is 7.76. The number of nitrogens with zero attached hydrogens (tertiary/aromatic N) is 4. The van der Waals surface area contributed by atoms with Crippen LogP contribution in [0.25, 0.3) is 0 Å². The Kier molecular flexibility index (Phi) is 6.28. The summed E-state index contributed by atoms with van der Waals surface area (Å²) in [5.41, 5.74) is 2.13. The second kappa shape index (κ2) is 8.95. The fourth-order valence-corrected chi connectivity index (χ4v) is 4.85. The van der Waals surface area contributed by atoms with Crippen molar-refractivity contribution in [3.8, 4) is 5.75 Å². The first-order chi connectivity index (χ1) is 14.8. The summed E-state index contributed by atoms with van der Waals surface area (Å²) < 4.78 is 6.72. The number of rotatable bonds is 4. The normalized spacial score (nSPS) is 23.8. The predicted octanol–water partition coefficient (Wildman–Crippen LogP) is 4.15. The lowest BCUT2D eigenvalue weighted by atomic mass is 9.81. The third-order valence-electron chi connectivity index (χ3n) is 6.76. The molecule has 4 rings (SSSR count). The number of hydrogen-bond donors (Lipinski definition) is 0. The number of ether oxygens (including phenoxy) is 1. The van der Waals surface area contributed by atoms with E-state index in [1.54, 1.807) is 6.92 Å². The lowest BCUT2D eigenvalue weighted by molar-refractivity contribution is -0.131. The van der Waals surface area contributed by atoms with Crippen LogP contribution >= 0.6 is 0 Å². The molecule has 0 N–H and O–H groups in total. The highest BCUT2D eigenvalue weighted by molar-refractivity contribution is 5.73. The van der Waals surface area contributed by atoms with Crippen molar-refractivity contribution < 1.29 is 9.53 Å². The fraction of sp³-hybridized carbons (Fsp3) is 0.560. The molecule has 0 saturated heterocycles. The Morgan fingerprint density at radius 3 is 2.55 bits per heavy atom. The summed E-state index contributed by atoms with van der Waals surface area (Å²) in [5, 5.41) is 0.